The average molecular weight is 201 g/mol. The number of hydrogen-bond acceptors (Lipinski definition) is 2. The Bertz CT molecular complexity index is 153. The second-order valence-corrected chi connectivity index (χ2v) is 3.42. The Hall–Kier alpha value is -0.570. The van der Waals surface area contributed by atoms with E-state index in [1.165, 1.54) is 0 Å². The zero-order valence-electron chi connectivity index (χ0n) is 9.88. The molecule has 3 nitrogen and oxygen atoms in total. The molecule has 0 fully saturated rings. The predicted octanol–water partition coefficient (Wildman–Crippen LogP) is 2.06. The summed E-state index contributed by atoms with van der Waals surface area (Å²) in [4.78, 5) is 13.7. The quantitative estimate of drug-likeness (QED) is 0.631. The van der Waals surface area contributed by atoms with Crippen LogP contribution in [0.1, 0.15) is 40.5 Å². The fraction of sp³-hybridized carbons (Fsp3) is 0.909. The average Bonchev–Trinajstić information content (AvgIpc) is 2.17. The maximum Gasteiger partial charge on any atom is 0.251 e. The summed E-state index contributed by atoms with van der Waals surface area (Å²) in [6.07, 6.45) is 1.72. The molecule has 0 heterocycles. The van der Waals surface area contributed by atoms with Crippen molar-refractivity contribution >= 4 is 5.91 Å². The maximum atomic E-state index is 11.8. The maximum absolute atomic E-state index is 11.8. The van der Waals surface area contributed by atoms with Crippen molar-refractivity contribution < 1.29 is 9.53 Å². The molecule has 0 rings (SSSR count). The number of rotatable bonds is 7. The van der Waals surface area contributed by atoms with Crippen molar-refractivity contribution in [2.75, 3.05) is 19.7 Å². The largest absolute Gasteiger partial charge is 0.369 e. The molecule has 0 radical (unpaired) electrons. The van der Waals surface area contributed by atoms with Crippen molar-refractivity contribution in [1.82, 2.24) is 4.90 Å². The molecule has 0 aliphatic carbocycles. The monoisotopic (exact) mass is 201 g/mol. The van der Waals surface area contributed by atoms with Gasteiger partial charge in [-0.15, -0.1) is 0 Å². The number of amides is 1. The predicted molar refractivity (Wildman–Crippen MR) is 58.3 cm³/mol. The summed E-state index contributed by atoms with van der Waals surface area (Å²) in [5, 5.41) is 0. The van der Waals surface area contributed by atoms with Gasteiger partial charge in [0, 0.05) is 19.7 Å². The van der Waals surface area contributed by atoms with Crippen LogP contribution in [0.4, 0.5) is 0 Å². The molecule has 14 heavy (non-hydrogen) atoms. The molecule has 0 aromatic heterocycles. The lowest BCUT2D eigenvalue weighted by Gasteiger charge is -2.24. The molecule has 0 N–H and O–H groups in total. The van der Waals surface area contributed by atoms with Gasteiger partial charge in [0.15, 0.2) is 0 Å². The highest BCUT2D eigenvalue weighted by Gasteiger charge is 2.18. The first-order chi connectivity index (χ1) is 6.67. The lowest BCUT2D eigenvalue weighted by atomic mass is 10.3. The Balaban J connectivity index is 4.11. The molecule has 0 saturated heterocycles. The van der Waals surface area contributed by atoms with Crippen LogP contribution in [0.2, 0.25) is 0 Å². The van der Waals surface area contributed by atoms with Gasteiger partial charge in [-0.2, -0.15) is 0 Å². The summed E-state index contributed by atoms with van der Waals surface area (Å²) in [5.41, 5.74) is 0. The normalized spacial score (nSPS) is 12.6. The van der Waals surface area contributed by atoms with Crippen LogP contribution < -0.4 is 0 Å². The van der Waals surface area contributed by atoms with Gasteiger partial charge in [-0.05, 0) is 26.7 Å². The molecule has 0 aliphatic rings. The van der Waals surface area contributed by atoms with Crippen molar-refractivity contribution in [1.29, 1.82) is 0 Å². The van der Waals surface area contributed by atoms with E-state index in [0.717, 1.165) is 25.9 Å². The summed E-state index contributed by atoms with van der Waals surface area (Å²) >= 11 is 0. The van der Waals surface area contributed by atoms with Crippen LogP contribution in [0.15, 0.2) is 0 Å². The molecule has 0 aromatic rings. The van der Waals surface area contributed by atoms with E-state index in [1.54, 1.807) is 0 Å². The molecule has 1 unspecified atom stereocenters. The van der Waals surface area contributed by atoms with Gasteiger partial charge in [-0.3, -0.25) is 4.79 Å². The second kappa shape index (κ2) is 7.80. The van der Waals surface area contributed by atoms with Crippen LogP contribution in [-0.2, 0) is 9.53 Å². The highest BCUT2D eigenvalue weighted by molar-refractivity contribution is 5.80. The first-order valence-electron chi connectivity index (χ1n) is 5.57. The number of nitrogens with zero attached hydrogens (tertiary/aromatic N) is 1. The molecule has 0 bridgehead atoms. The van der Waals surface area contributed by atoms with Gasteiger partial charge in [0.2, 0.25) is 0 Å². The van der Waals surface area contributed by atoms with Crippen molar-refractivity contribution in [3.8, 4) is 0 Å². The summed E-state index contributed by atoms with van der Waals surface area (Å²) in [7, 11) is 0. The molecule has 84 valence electrons. The summed E-state index contributed by atoms with van der Waals surface area (Å²) in [5.74, 6) is 0.121. The molecule has 1 atom stereocenters. The van der Waals surface area contributed by atoms with Gasteiger partial charge >= 0.3 is 0 Å². The molecular weight excluding hydrogens is 178 g/mol. The van der Waals surface area contributed by atoms with Crippen LogP contribution in [-0.4, -0.2) is 36.6 Å². The highest BCUT2D eigenvalue weighted by Crippen LogP contribution is 2.02. The number of hydrogen-bond donors (Lipinski definition) is 0. The standard InChI is InChI=1S/C11H23NO2/c1-5-8-12(9-6-2)11(13)10(4)14-7-3/h10H,5-9H2,1-4H3. The highest BCUT2D eigenvalue weighted by atomic mass is 16.5. The smallest absolute Gasteiger partial charge is 0.251 e. The third kappa shape index (κ3) is 4.61. The van der Waals surface area contributed by atoms with E-state index in [1.807, 2.05) is 18.7 Å². The topological polar surface area (TPSA) is 29.5 Å². The first kappa shape index (κ1) is 13.4. The number of carbonyl (C=O) groups is 1. The van der Waals surface area contributed by atoms with Crippen LogP contribution >= 0.6 is 0 Å². The second-order valence-electron chi connectivity index (χ2n) is 3.42. The minimum absolute atomic E-state index is 0.121. The van der Waals surface area contributed by atoms with Gasteiger partial charge < -0.3 is 9.64 Å². The van der Waals surface area contributed by atoms with E-state index in [9.17, 15) is 4.79 Å². The Kier molecular flexibility index (Phi) is 7.48. The van der Waals surface area contributed by atoms with Crippen molar-refractivity contribution in [3.63, 3.8) is 0 Å². The van der Waals surface area contributed by atoms with Gasteiger partial charge in [0.1, 0.15) is 6.10 Å². The van der Waals surface area contributed by atoms with E-state index < -0.39 is 0 Å². The molecule has 0 spiro atoms. The lowest BCUT2D eigenvalue weighted by Crippen LogP contribution is -2.40. The van der Waals surface area contributed by atoms with E-state index in [2.05, 4.69) is 13.8 Å². The molecule has 1 amide bonds. The van der Waals surface area contributed by atoms with Crippen LogP contribution in [0, 0.1) is 0 Å². The SMILES string of the molecule is CCCN(CCC)C(=O)C(C)OCC. The van der Waals surface area contributed by atoms with Crippen molar-refractivity contribution in [2.45, 2.75) is 46.6 Å². The molecular formula is C11H23NO2. The Labute approximate surface area is 87.4 Å². The molecule has 0 aromatic carbocycles. The fourth-order valence-corrected chi connectivity index (χ4v) is 1.45. The van der Waals surface area contributed by atoms with E-state index in [0.29, 0.717) is 6.61 Å². The summed E-state index contributed by atoms with van der Waals surface area (Å²) in [6, 6.07) is 0. The van der Waals surface area contributed by atoms with Gasteiger partial charge in [0.25, 0.3) is 5.91 Å². The van der Waals surface area contributed by atoms with Gasteiger partial charge in [-0.25, -0.2) is 0 Å². The Morgan fingerprint density at radius 1 is 1.21 bits per heavy atom. The molecule has 0 saturated carbocycles. The zero-order valence-corrected chi connectivity index (χ0v) is 9.88. The van der Waals surface area contributed by atoms with Crippen LogP contribution in [0.3, 0.4) is 0 Å². The third-order valence-corrected chi connectivity index (χ3v) is 2.06. The zero-order chi connectivity index (χ0) is 11.0. The van der Waals surface area contributed by atoms with Gasteiger partial charge in [0.05, 0.1) is 0 Å². The van der Waals surface area contributed by atoms with Crippen LogP contribution in [0.25, 0.3) is 0 Å². The van der Waals surface area contributed by atoms with Gasteiger partial charge in [-0.1, -0.05) is 13.8 Å². The minimum atomic E-state index is -0.293. The minimum Gasteiger partial charge on any atom is -0.369 e. The van der Waals surface area contributed by atoms with E-state index in [4.69, 9.17) is 4.74 Å². The molecule has 0 aliphatic heterocycles. The van der Waals surface area contributed by atoms with Crippen LogP contribution in [0.5, 0.6) is 0 Å². The Morgan fingerprint density at radius 2 is 1.71 bits per heavy atom. The van der Waals surface area contributed by atoms with Crippen molar-refractivity contribution in [2.24, 2.45) is 0 Å². The lowest BCUT2D eigenvalue weighted by molar-refractivity contribution is -0.142. The van der Waals surface area contributed by atoms with E-state index >= 15 is 0 Å². The molecule has 3 heteroatoms. The van der Waals surface area contributed by atoms with E-state index in [-0.39, 0.29) is 12.0 Å². The third-order valence-electron chi connectivity index (χ3n) is 2.06. The number of ether oxygens (including phenoxy) is 1. The fourth-order valence-electron chi connectivity index (χ4n) is 1.45. The Morgan fingerprint density at radius 3 is 2.07 bits per heavy atom. The summed E-state index contributed by atoms with van der Waals surface area (Å²) in [6.45, 7) is 10.2. The van der Waals surface area contributed by atoms with Crippen molar-refractivity contribution in [3.05, 3.63) is 0 Å². The first-order valence-corrected chi connectivity index (χ1v) is 5.57. The number of carbonyl (C=O) groups excluding carboxylic acids is 1. The summed E-state index contributed by atoms with van der Waals surface area (Å²) < 4.78 is 5.29.